The van der Waals surface area contributed by atoms with Gasteiger partial charge in [0.15, 0.2) is 0 Å². The van der Waals surface area contributed by atoms with E-state index in [2.05, 4.69) is 15.9 Å². The van der Waals surface area contributed by atoms with Gasteiger partial charge >= 0.3 is 5.97 Å². The summed E-state index contributed by atoms with van der Waals surface area (Å²) < 4.78 is 11.1. The average molecular weight is 369 g/mol. The monoisotopic (exact) mass is 368 g/mol. The number of allylic oxidation sites excluding steroid dienone is 1. The first kappa shape index (κ1) is 17.2. The van der Waals surface area contributed by atoms with Gasteiger partial charge in [0.25, 0.3) is 0 Å². The van der Waals surface area contributed by atoms with E-state index in [1.54, 1.807) is 0 Å². The number of methoxy groups -OCH3 is 1. The van der Waals surface area contributed by atoms with Crippen molar-refractivity contribution in [2.75, 3.05) is 20.3 Å². The van der Waals surface area contributed by atoms with E-state index in [4.69, 9.17) is 9.47 Å². The van der Waals surface area contributed by atoms with Gasteiger partial charge in [0.2, 0.25) is 0 Å². The molecule has 4 nitrogen and oxygen atoms in total. The highest BCUT2D eigenvalue weighted by molar-refractivity contribution is 9.10. The lowest BCUT2D eigenvalue weighted by Gasteiger charge is -2.21. The molecule has 1 aliphatic heterocycles. The molecule has 0 bridgehead atoms. The quantitative estimate of drug-likeness (QED) is 0.639. The average Bonchev–Trinajstić information content (AvgIpc) is 2.56. The molecule has 0 aliphatic carbocycles. The first-order chi connectivity index (χ1) is 10.6. The van der Waals surface area contributed by atoms with Gasteiger partial charge in [-0.05, 0) is 37.0 Å². The number of ether oxygens (including phenoxy) is 2. The Morgan fingerprint density at radius 3 is 2.59 bits per heavy atom. The number of carbonyl (C=O) groups excluding carboxylic acids is 1. The topological polar surface area (TPSA) is 55.8 Å². The van der Waals surface area contributed by atoms with Crippen LogP contribution in [0.25, 0.3) is 0 Å². The molecule has 1 heterocycles. The number of benzene rings is 1. The molecule has 1 fully saturated rings. The number of hydrogen-bond donors (Lipinski definition) is 1. The summed E-state index contributed by atoms with van der Waals surface area (Å²) in [6.45, 7) is 1.45. The van der Waals surface area contributed by atoms with Crippen molar-refractivity contribution in [2.45, 2.75) is 25.4 Å². The molecule has 0 aromatic heterocycles. The lowest BCUT2D eigenvalue weighted by atomic mass is 9.91. The molecule has 0 saturated carbocycles. The maximum atomic E-state index is 12.0. The molecule has 0 spiro atoms. The fourth-order valence-electron chi connectivity index (χ4n) is 2.53. The smallest absolute Gasteiger partial charge is 0.311 e. The predicted molar refractivity (Wildman–Crippen MR) is 87.4 cm³/mol. The highest BCUT2D eigenvalue weighted by Gasteiger charge is 2.28. The third-order valence-corrected chi connectivity index (χ3v) is 4.42. The third kappa shape index (κ3) is 4.66. The largest absolute Gasteiger partial charge is 0.469 e. The summed E-state index contributed by atoms with van der Waals surface area (Å²) in [7, 11) is 1.35. The molecule has 0 unspecified atom stereocenters. The first-order valence-corrected chi connectivity index (χ1v) is 8.18. The van der Waals surface area contributed by atoms with E-state index in [0.717, 1.165) is 30.5 Å². The second-order valence-corrected chi connectivity index (χ2v) is 6.25. The Hall–Kier alpha value is -1.17. The van der Waals surface area contributed by atoms with Crippen LogP contribution in [0.5, 0.6) is 0 Å². The molecule has 22 heavy (non-hydrogen) atoms. The van der Waals surface area contributed by atoms with Gasteiger partial charge in [0, 0.05) is 4.47 Å². The summed E-state index contributed by atoms with van der Waals surface area (Å²) in [4.78, 5) is 12.0. The first-order valence-electron chi connectivity index (χ1n) is 7.39. The van der Waals surface area contributed by atoms with E-state index >= 15 is 0 Å². The minimum absolute atomic E-state index is 0.390. The molecule has 2 rings (SSSR count). The van der Waals surface area contributed by atoms with Crippen molar-refractivity contribution >= 4 is 21.9 Å². The summed E-state index contributed by atoms with van der Waals surface area (Å²) in [6.07, 6.45) is 3.42. The van der Waals surface area contributed by atoms with Crippen molar-refractivity contribution in [1.29, 1.82) is 0 Å². The maximum Gasteiger partial charge on any atom is 0.311 e. The van der Waals surface area contributed by atoms with Gasteiger partial charge in [-0.1, -0.05) is 39.7 Å². The Morgan fingerprint density at radius 1 is 1.36 bits per heavy atom. The van der Waals surface area contributed by atoms with Crippen molar-refractivity contribution in [3.63, 3.8) is 0 Å². The van der Waals surface area contributed by atoms with Gasteiger partial charge in [-0.25, -0.2) is 0 Å². The summed E-state index contributed by atoms with van der Waals surface area (Å²) in [6, 6.07) is 7.33. The van der Waals surface area contributed by atoms with E-state index in [1.165, 1.54) is 12.7 Å². The lowest BCUT2D eigenvalue weighted by molar-refractivity contribution is -0.149. The molecule has 120 valence electrons. The summed E-state index contributed by atoms with van der Waals surface area (Å²) >= 11 is 3.36. The molecule has 1 saturated heterocycles. The van der Waals surface area contributed by atoms with Crippen LogP contribution in [0.3, 0.4) is 0 Å². The molecule has 0 radical (unpaired) electrons. The van der Waals surface area contributed by atoms with Crippen molar-refractivity contribution in [2.24, 2.45) is 5.92 Å². The minimum atomic E-state index is -0.878. The zero-order valence-electron chi connectivity index (χ0n) is 12.6. The number of hydrogen-bond acceptors (Lipinski definition) is 4. The predicted octanol–water partition coefficient (Wildman–Crippen LogP) is 3.40. The van der Waals surface area contributed by atoms with Crippen LogP contribution in [-0.2, 0) is 14.3 Å². The molecule has 1 aromatic rings. The minimum Gasteiger partial charge on any atom is -0.469 e. The van der Waals surface area contributed by atoms with Gasteiger partial charge < -0.3 is 14.6 Å². The Balaban J connectivity index is 2.11. The van der Waals surface area contributed by atoms with Crippen LogP contribution in [0.15, 0.2) is 40.4 Å². The molecule has 1 aliphatic rings. The summed E-state index contributed by atoms with van der Waals surface area (Å²) in [5.41, 5.74) is 1.99. The van der Waals surface area contributed by atoms with Crippen LogP contribution in [-0.4, -0.2) is 31.4 Å². The van der Waals surface area contributed by atoms with Gasteiger partial charge in [0.05, 0.1) is 32.3 Å². The van der Waals surface area contributed by atoms with Gasteiger partial charge in [-0.2, -0.15) is 0 Å². The highest BCUT2D eigenvalue weighted by Crippen LogP contribution is 2.28. The Kier molecular flexibility index (Phi) is 6.61. The normalized spacial score (nSPS) is 17.7. The third-order valence-electron chi connectivity index (χ3n) is 3.89. The van der Waals surface area contributed by atoms with E-state index in [0.29, 0.717) is 12.0 Å². The fourth-order valence-corrected chi connectivity index (χ4v) is 2.79. The van der Waals surface area contributed by atoms with E-state index in [1.807, 2.05) is 30.3 Å². The van der Waals surface area contributed by atoms with Crippen LogP contribution in [0, 0.1) is 5.92 Å². The van der Waals surface area contributed by atoms with Crippen LogP contribution in [0.4, 0.5) is 0 Å². The second-order valence-electron chi connectivity index (χ2n) is 5.34. The fraction of sp³-hybridized carbons (Fsp3) is 0.471. The van der Waals surface area contributed by atoms with E-state index < -0.39 is 12.0 Å². The molecule has 2 atom stereocenters. The number of carbonyl (C=O) groups is 1. The van der Waals surface area contributed by atoms with Crippen LogP contribution in [0.2, 0.25) is 0 Å². The van der Waals surface area contributed by atoms with Crippen LogP contribution < -0.4 is 0 Å². The van der Waals surface area contributed by atoms with Crippen molar-refractivity contribution in [3.05, 3.63) is 46.0 Å². The zero-order chi connectivity index (χ0) is 15.9. The number of esters is 1. The standard InChI is InChI=1S/C17H21BrO4/c1-21-17(20)15(7-2-12-8-10-22-11-9-12)16(19)13-3-5-14(18)6-4-13/h2-6,15-16,19H,7-11H2,1H3/t15-,16+/m0/s1. The van der Waals surface area contributed by atoms with Gasteiger partial charge in [-0.3, -0.25) is 4.79 Å². The van der Waals surface area contributed by atoms with Crippen LogP contribution >= 0.6 is 15.9 Å². The van der Waals surface area contributed by atoms with Crippen molar-refractivity contribution in [1.82, 2.24) is 0 Å². The van der Waals surface area contributed by atoms with E-state index in [9.17, 15) is 9.90 Å². The Labute approximate surface area is 139 Å². The molecular formula is C17H21BrO4. The SMILES string of the molecule is COC(=O)[C@@H](CC=C1CCOCC1)[C@H](O)c1ccc(Br)cc1. The lowest BCUT2D eigenvalue weighted by Crippen LogP contribution is -2.23. The number of aliphatic hydroxyl groups excluding tert-OH is 1. The van der Waals surface area contributed by atoms with Gasteiger partial charge in [-0.15, -0.1) is 0 Å². The van der Waals surface area contributed by atoms with Gasteiger partial charge in [0.1, 0.15) is 0 Å². The molecule has 1 aromatic carbocycles. The molecule has 5 heteroatoms. The zero-order valence-corrected chi connectivity index (χ0v) is 14.2. The summed E-state index contributed by atoms with van der Waals surface area (Å²) in [5, 5.41) is 10.5. The molecule has 0 amide bonds. The summed E-state index contributed by atoms with van der Waals surface area (Å²) in [5.74, 6) is -0.985. The highest BCUT2D eigenvalue weighted by atomic mass is 79.9. The Bertz CT molecular complexity index is 516. The maximum absolute atomic E-state index is 12.0. The van der Waals surface area contributed by atoms with E-state index in [-0.39, 0.29) is 5.97 Å². The van der Waals surface area contributed by atoms with Crippen LogP contribution in [0.1, 0.15) is 30.9 Å². The number of halogens is 1. The number of rotatable bonds is 5. The Morgan fingerprint density at radius 2 is 2.00 bits per heavy atom. The molecular weight excluding hydrogens is 348 g/mol. The second kappa shape index (κ2) is 8.46. The van der Waals surface area contributed by atoms with Crippen molar-refractivity contribution in [3.8, 4) is 0 Å². The number of aliphatic hydroxyl groups is 1. The molecule has 1 N–H and O–H groups in total. The van der Waals surface area contributed by atoms with Crippen molar-refractivity contribution < 1.29 is 19.4 Å².